The van der Waals surface area contributed by atoms with Gasteiger partial charge in [-0.25, -0.2) is 4.52 Å². The minimum absolute atomic E-state index is 0.0944. The number of aromatic nitrogens is 5. The van der Waals surface area contributed by atoms with Crippen LogP contribution in [0.25, 0.3) is 5.52 Å². The zero-order valence-corrected chi connectivity index (χ0v) is 19.0. The summed E-state index contributed by atoms with van der Waals surface area (Å²) in [5.74, 6) is 2.91. The monoisotopic (exact) mass is 462 g/mol. The largest absolute Gasteiger partial charge is 0.353 e. The third-order valence-corrected chi connectivity index (χ3v) is 7.18. The average molecular weight is 463 g/mol. The Morgan fingerprint density at radius 2 is 2.06 bits per heavy atom. The summed E-state index contributed by atoms with van der Waals surface area (Å²) in [5, 5.41) is 20.8. The summed E-state index contributed by atoms with van der Waals surface area (Å²) >= 11 is 1.62. The van der Waals surface area contributed by atoms with Gasteiger partial charge in [0.05, 0.1) is 6.42 Å². The molecular weight excluding hydrogens is 436 g/mol. The molecule has 4 aromatic heterocycles. The molecule has 0 aromatic carbocycles. The number of fused-ring (bicyclic) bond motifs is 1. The first-order valence-electron chi connectivity index (χ1n) is 11.5. The Bertz CT molecular complexity index is 1250. The van der Waals surface area contributed by atoms with Crippen molar-refractivity contribution in [1.29, 1.82) is 0 Å². The Balaban J connectivity index is 1.13. The van der Waals surface area contributed by atoms with Crippen LogP contribution in [-0.2, 0) is 11.2 Å². The lowest BCUT2D eigenvalue weighted by molar-refractivity contribution is -0.121. The Labute approximate surface area is 195 Å². The number of nitrogens with zero attached hydrogens (tertiary/aromatic N) is 5. The maximum atomic E-state index is 12.4. The molecule has 170 valence electrons. The van der Waals surface area contributed by atoms with Gasteiger partial charge in [0, 0.05) is 47.9 Å². The van der Waals surface area contributed by atoms with Crippen LogP contribution in [0.1, 0.15) is 42.2 Å². The summed E-state index contributed by atoms with van der Waals surface area (Å²) in [6.45, 7) is 1.59. The van der Waals surface area contributed by atoms with Crippen LogP contribution < -0.4 is 15.5 Å². The molecule has 0 radical (unpaired) electrons. The van der Waals surface area contributed by atoms with Crippen molar-refractivity contribution >= 4 is 40.3 Å². The minimum Gasteiger partial charge on any atom is -0.353 e. The Morgan fingerprint density at radius 1 is 1.18 bits per heavy atom. The lowest BCUT2D eigenvalue weighted by Gasteiger charge is -2.32. The van der Waals surface area contributed by atoms with Gasteiger partial charge in [-0.05, 0) is 49.3 Å². The van der Waals surface area contributed by atoms with Gasteiger partial charge < -0.3 is 15.5 Å². The van der Waals surface area contributed by atoms with E-state index < -0.39 is 0 Å². The molecule has 1 amide bonds. The van der Waals surface area contributed by atoms with Crippen LogP contribution in [-0.4, -0.2) is 49.8 Å². The molecule has 5 heterocycles. The fraction of sp³-hybridized carbons (Fsp3) is 0.391. The maximum Gasteiger partial charge on any atom is 0.245 e. The molecule has 0 bridgehead atoms. The average Bonchev–Trinajstić information content (AvgIpc) is 3.19. The molecule has 3 N–H and O–H groups in total. The maximum absolute atomic E-state index is 12.4. The van der Waals surface area contributed by atoms with E-state index in [9.17, 15) is 4.79 Å². The second kappa shape index (κ2) is 8.51. The Kier molecular flexibility index (Phi) is 5.21. The molecule has 1 saturated heterocycles. The molecule has 6 rings (SSSR count). The van der Waals surface area contributed by atoms with E-state index in [2.05, 4.69) is 31.8 Å². The number of aromatic amines is 1. The van der Waals surface area contributed by atoms with Crippen LogP contribution >= 0.6 is 11.3 Å². The number of nitrogens with one attached hydrogen (secondary N) is 3. The third-order valence-electron chi connectivity index (χ3n) is 6.30. The fourth-order valence-electron chi connectivity index (χ4n) is 4.35. The summed E-state index contributed by atoms with van der Waals surface area (Å²) in [7, 11) is 0. The first-order chi connectivity index (χ1) is 16.2. The summed E-state index contributed by atoms with van der Waals surface area (Å²) < 4.78 is 1.86. The van der Waals surface area contributed by atoms with Crippen LogP contribution in [0, 0.1) is 0 Å². The normalized spacial score (nSPS) is 16.9. The molecule has 1 saturated carbocycles. The van der Waals surface area contributed by atoms with E-state index in [0.29, 0.717) is 18.3 Å². The van der Waals surface area contributed by atoms with Crippen molar-refractivity contribution in [2.45, 2.75) is 44.1 Å². The van der Waals surface area contributed by atoms with Gasteiger partial charge in [0.25, 0.3) is 0 Å². The highest BCUT2D eigenvalue weighted by atomic mass is 32.1. The zero-order valence-electron chi connectivity index (χ0n) is 18.2. The Morgan fingerprint density at radius 3 is 2.85 bits per heavy atom. The molecule has 0 atom stereocenters. The quantitative estimate of drug-likeness (QED) is 0.389. The van der Waals surface area contributed by atoms with Gasteiger partial charge >= 0.3 is 0 Å². The lowest BCUT2D eigenvalue weighted by atomic mass is 10.1. The molecule has 4 aromatic rings. The van der Waals surface area contributed by atoms with E-state index >= 15 is 0 Å². The number of hydrogen-bond acceptors (Lipinski definition) is 7. The highest BCUT2D eigenvalue weighted by molar-refractivity contribution is 7.10. The van der Waals surface area contributed by atoms with Crippen LogP contribution in [0.4, 0.5) is 17.6 Å². The SMILES string of the molecule is O=C(Cc1cccs1)NC1CCN(c2nc(Nc3cc(C4CC4)[nH]n3)c3cccn3n2)CC1. The molecular formula is C23H26N8OS. The summed E-state index contributed by atoms with van der Waals surface area (Å²) in [4.78, 5) is 20.5. The topological polar surface area (TPSA) is 103 Å². The van der Waals surface area contributed by atoms with Gasteiger partial charge in [-0.15, -0.1) is 16.4 Å². The highest BCUT2D eigenvalue weighted by Gasteiger charge is 2.26. The molecule has 1 aliphatic carbocycles. The van der Waals surface area contributed by atoms with Gasteiger partial charge in [-0.3, -0.25) is 9.89 Å². The molecule has 0 unspecified atom stereocenters. The second-order valence-electron chi connectivity index (χ2n) is 8.79. The van der Waals surface area contributed by atoms with E-state index in [-0.39, 0.29) is 11.9 Å². The number of hydrogen-bond donors (Lipinski definition) is 3. The van der Waals surface area contributed by atoms with E-state index in [1.165, 1.54) is 18.5 Å². The van der Waals surface area contributed by atoms with Crippen molar-refractivity contribution in [3.63, 3.8) is 0 Å². The highest BCUT2D eigenvalue weighted by Crippen LogP contribution is 2.39. The van der Waals surface area contributed by atoms with Crippen LogP contribution in [0.15, 0.2) is 41.9 Å². The molecule has 9 nitrogen and oxygen atoms in total. The Hall–Kier alpha value is -3.40. The summed E-state index contributed by atoms with van der Waals surface area (Å²) in [6, 6.07) is 10.2. The van der Waals surface area contributed by atoms with Gasteiger partial charge in [0.1, 0.15) is 5.52 Å². The van der Waals surface area contributed by atoms with Crippen molar-refractivity contribution in [2.24, 2.45) is 0 Å². The van der Waals surface area contributed by atoms with Gasteiger partial charge in [0.15, 0.2) is 11.6 Å². The predicted molar refractivity (Wildman–Crippen MR) is 128 cm³/mol. The van der Waals surface area contributed by atoms with Crippen molar-refractivity contribution in [2.75, 3.05) is 23.3 Å². The number of piperidine rings is 1. The molecule has 2 aliphatic rings. The second-order valence-corrected chi connectivity index (χ2v) is 9.82. The third kappa shape index (κ3) is 4.43. The van der Waals surface area contributed by atoms with E-state index in [0.717, 1.165) is 48.0 Å². The van der Waals surface area contributed by atoms with E-state index in [1.54, 1.807) is 11.3 Å². The number of carbonyl (C=O) groups excluding carboxylic acids is 1. The van der Waals surface area contributed by atoms with Gasteiger partial charge in [-0.1, -0.05) is 6.07 Å². The van der Waals surface area contributed by atoms with Crippen LogP contribution in [0.5, 0.6) is 0 Å². The first-order valence-corrected chi connectivity index (χ1v) is 12.3. The van der Waals surface area contributed by atoms with Crippen molar-refractivity contribution in [3.8, 4) is 0 Å². The number of carbonyl (C=O) groups is 1. The number of amides is 1. The van der Waals surface area contributed by atoms with Crippen molar-refractivity contribution in [1.82, 2.24) is 30.1 Å². The van der Waals surface area contributed by atoms with Crippen LogP contribution in [0.3, 0.4) is 0 Å². The molecule has 0 spiro atoms. The van der Waals surface area contributed by atoms with Crippen molar-refractivity contribution < 1.29 is 4.79 Å². The van der Waals surface area contributed by atoms with Crippen LogP contribution in [0.2, 0.25) is 0 Å². The fourth-order valence-corrected chi connectivity index (χ4v) is 5.05. The first kappa shape index (κ1) is 20.2. The minimum atomic E-state index is 0.0944. The number of thiophene rings is 1. The number of H-pyrrole nitrogens is 1. The molecule has 2 fully saturated rings. The number of rotatable bonds is 7. The van der Waals surface area contributed by atoms with Gasteiger partial charge in [-0.2, -0.15) is 10.1 Å². The predicted octanol–water partition coefficient (Wildman–Crippen LogP) is 3.46. The summed E-state index contributed by atoms with van der Waals surface area (Å²) in [5.41, 5.74) is 2.09. The smallest absolute Gasteiger partial charge is 0.245 e. The number of anilines is 3. The molecule has 33 heavy (non-hydrogen) atoms. The lowest BCUT2D eigenvalue weighted by Crippen LogP contribution is -2.45. The zero-order chi connectivity index (χ0) is 22.2. The van der Waals surface area contributed by atoms with E-state index in [1.807, 2.05) is 40.4 Å². The standard InChI is InChI=1S/C23H26N8OS/c32-21(13-17-3-2-12-33-17)24-16-7-10-30(11-8-16)23-26-22(19-4-1-9-31(19)29-23)25-20-14-18(27-28-20)15-5-6-15/h1-4,9,12,14-16H,5-8,10-11,13H2,(H,24,32)(H2,25,26,27,28,29). The van der Waals surface area contributed by atoms with Crippen molar-refractivity contribution in [3.05, 3.63) is 52.5 Å². The van der Waals surface area contributed by atoms with E-state index in [4.69, 9.17) is 10.1 Å². The van der Waals surface area contributed by atoms with Gasteiger partial charge in [0.2, 0.25) is 11.9 Å². The summed E-state index contributed by atoms with van der Waals surface area (Å²) in [6.07, 6.45) is 6.59. The molecule has 1 aliphatic heterocycles. The molecule has 10 heteroatoms.